The van der Waals surface area contributed by atoms with E-state index in [2.05, 4.69) is 0 Å². The summed E-state index contributed by atoms with van der Waals surface area (Å²) < 4.78 is 5.15. The molecule has 0 radical (unpaired) electrons. The number of allylic oxidation sites excluding steroid dienone is 1. The molecule has 1 saturated carbocycles. The molecule has 5 heteroatoms. The third-order valence-electron chi connectivity index (χ3n) is 3.66. The van der Waals surface area contributed by atoms with Crippen molar-refractivity contribution in [3.05, 3.63) is 12.3 Å². The SMILES string of the molecule is CC=COCCC1(C(=O)O)CCCCC1C(=O)O. The third-order valence-corrected chi connectivity index (χ3v) is 3.66. The average Bonchev–Trinajstić information content (AvgIpc) is 2.34. The van der Waals surface area contributed by atoms with Crippen molar-refractivity contribution in [3.63, 3.8) is 0 Å². The Hall–Kier alpha value is -1.52. The summed E-state index contributed by atoms with van der Waals surface area (Å²) in [5, 5.41) is 18.6. The van der Waals surface area contributed by atoms with Crippen LogP contribution in [0.15, 0.2) is 12.3 Å². The molecule has 18 heavy (non-hydrogen) atoms. The molecule has 0 bridgehead atoms. The van der Waals surface area contributed by atoms with Crippen LogP contribution in [-0.4, -0.2) is 28.8 Å². The summed E-state index contributed by atoms with van der Waals surface area (Å²) in [5.41, 5.74) is -1.17. The predicted molar refractivity (Wildman–Crippen MR) is 65.0 cm³/mol. The van der Waals surface area contributed by atoms with Gasteiger partial charge in [-0.2, -0.15) is 0 Å². The average molecular weight is 256 g/mol. The molecule has 102 valence electrons. The highest BCUT2D eigenvalue weighted by atomic mass is 16.5. The molecule has 0 amide bonds. The zero-order chi connectivity index (χ0) is 13.6. The van der Waals surface area contributed by atoms with E-state index in [0.717, 1.165) is 12.8 Å². The van der Waals surface area contributed by atoms with Crippen LogP contribution in [0.3, 0.4) is 0 Å². The quantitative estimate of drug-likeness (QED) is 0.562. The highest BCUT2D eigenvalue weighted by molar-refractivity contribution is 5.83. The first-order chi connectivity index (χ1) is 8.54. The fourth-order valence-corrected chi connectivity index (χ4v) is 2.67. The Morgan fingerprint density at radius 2 is 2.11 bits per heavy atom. The number of aliphatic carboxylic acids is 2. The fraction of sp³-hybridized carbons (Fsp3) is 0.692. The van der Waals surface area contributed by atoms with Gasteiger partial charge in [0.05, 0.1) is 24.2 Å². The first-order valence-corrected chi connectivity index (χ1v) is 6.23. The molecular formula is C13H20O5. The minimum absolute atomic E-state index is 0.237. The number of ether oxygens (including phenoxy) is 1. The van der Waals surface area contributed by atoms with Gasteiger partial charge in [-0.25, -0.2) is 0 Å². The molecule has 1 rings (SSSR count). The molecule has 1 aliphatic carbocycles. The molecule has 0 spiro atoms. The van der Waals surface area contributed by atoms with Gasteiger partial charge in [-0.1, -0.05) is 18.9 Å². The van der Waals surface area contributed by atoms with Crippen LogP contribution in [0.5, 0.6) is 0 Å². The smallest absolute Gasteiger partial charge is 0.310 e. The van der Waals surface area contributed by atoms with Gasteiger partial charge in [-0.05, 0) is 26.2 Å². The molecule has 0 heterocycles. The molecule has 2 atom stereocenters. The molecule has 0 aliphatic heterocycles. The minimum Gasteiger partial charge on any atom is -0.502 e. The molecule has 1 fully saturated rings. The Bertz CT molecular complexity index is 336. The van der Waals surface area contributed by atoms with Crippen molar-refractivity contribution in [2.24, 2.45) is 11.3 Å². The second-order valence-electron chi connectivity index (χ2n) is 4.69. The maximum atomic E-state index is 11.5. The van der Waals surface area contributed by atoms with Crippen LogP contribution in [0, 0.1) is 11.3 Å². The number of carbonyl (C=O) groups is 2. The lowest BCUT2D eigenvalue weighted by molar-refractivity contribution is -0.167. The second-order valence-corrected chi connectivity index (χ2v) is 4.69. The van der Waals surface area contributed by atoms with Crippen LogP contribution >= 0.6 is 0 Å². The lowest BCUT2D eigenvalue weighted by atomic mass is 9.64. The van der Waals surface area contributed by atoms with Crippen LogP contribution in [0.25, 0.3) is 0 Å². The second kappa shape index (κ2) is 6.42. The first-order valence-electron chi connectivity index (χ1n) is 6.23. The van der Waals surface area contributed by atoms with Crippen LogP contribution in [-0.2, 0) is 14.3 Å². The van der Waals surface area contributed by atoms with Crippen LogP contribution in [0.4, 0.5) is 0 Å². The number of rotatable bonds is 6. The monoisotopic (exact) mass is 256 g/mol. The van der Waals surface area contributed by atoms with Crippen molar-refractivity contribution >= 4 is 11.9 Å². The minimum atomic E-state index is -1.17. The van der Waals surface area contributed by atoms with Gasteiger partial charge in [-0.15, -0.1) is 0 Å². The predicted octanol–water partition coefficient (Wildman–Crippen LogP) is 2.27. The van der Waals surface area contributed by atoms with Crippen LogP contribution < -0.4 is 0 Å². The maximum absolute atomic E-state index is 11.5. The van der Waals surface area contributed by atoms with Crippen molar-refractivity contribution in [1.82, 2.24) is 0 Å². The molecule has 2 N–H and O–H groups in total. The van der Waals surface area contributed by atoms with Crippen LogP contribution in [0.1, 0.15) is 39.0 Å². The van der Waals surface area contributed by atoms with Crippen molar-refractivity contribution < 1.29 is 24.5 Å². The first kappa shape index (κ1) is 14.5. The van der Waals surface area contributed by atoms with Crippen molar-refractivity contribution in [2.45, 2.75) is 39.0 Å². The third kappa shape index (κ3) is 3.03. The number of hydrogen-bond acceptors (Lipinski definition) is 3. The molecule has 5 nitrogen and oxygen atoms in total. The summed E-state index contributed by atoms with van der Waals surface area (Å²) in [6, 6.07) is 0. The molecule has 2 unspecified atom stereocenters. The summed E-state index contributed by atoms with van der Waals surface area (Å²) in [6.07, 6.45) is 5.84. The van der Waals surface area contributed by atoms with E-state index in [-0.39, 0.29) is 13.0 Å². The van der Waals surface area contributed by atoms with E-state index >= 15 is 0 Å². The fourth-order valence-electron chi connectivity index (χ4n) is 2.67. The lowest BCUT2D eigenvalue weighted by Crippen LogP contribution is -2.45. The Labute approximate surface area is 106 Å². The topological polar surface area (TPSA) is 83.8 Å². The van der Waals surface area contributed by atoms with Crippen LogP contribution in [0.2, 0.25) is 0 Å². The summed E-state index contributed by atoms with van der Waals surface area (Å²) in [6.45, 7) is 2.04. The Morgan fingerprint density at radius 1 is 1.39 bits per heavy atom. The summed E-state index contributed by atoms with van der Waals surface area (Å²) in [5.74, 6) is -2.83. The van der Waals surface area contributed by atoms with E-state index in [9.17, 15) is 19.8 Å². The molecule has 1 aliphatic rings. The van der Waals surface area contributed by atoms with E-state index < -0.39 is 23.3 Å². The van der Waals surface area contributed by atoms with Gasteiger partial charge in [0.1, 0.15) is 0 Å². The van der Waals surface area contributed by atoms with E-state index in [1.54, 1.807) is 13.0 Å². The molecule has 0 saturated heterocycles. The van der Waals surface area contributed by atoms with Gasteiger partial charge in [0, 0.05) is 0 Å². The maximum Gasteiger partial charge on any atom is 0.310 e. The van der Waals surface area contributed by atoms with Crippen molar-refractivity contribution in [3.8, 4) is 0 Å². The van der Waals surface area contributed by atoms with Crippen molar-refractivity contribution in [1.29, 1.82) is 0 Å². The van der Waals surface area contributed by atoms with Gasteiger partial charge in [0.15, 0.2) is 0 Å². The Morgan fingerprint density at radius 3 is 2.67 bits per heavy atom. The van der Waals surface area contributed by atoms with Gasteiger partial charge >= 0.3 is 11.9 Å². The molecule has 0 aromatic carbocycles. The van der Waals surface area contributed by atoms with Gasteiger partial charge in [0.2, 0.25) is 0 Å². The lowest BCUT2D eigenvalue weighted by Gasteiger charge is -2.38. The standard InChI is InChI=1S/C13H20O5/c1-2-8-18-9-7-13(12(16)17)6-4-3-5-10(13)11(14)15/h2,8,10H,3-7,9H2,1H3,(H,14,15)(H,16,17). The molecule has 0 aromatic heterocycles. The number of hydrogen-bond donors (Lipinski definition) is 2. The van der Waals surface area contributed by atoms with Crippen molar-refractivity contribution in [2.75, 3.05) is 6.61 Å². The Balaban J connectivity index is 2.81. The van der Waals surface area contributed by atoms with Gasteiger partial charge < -0.3 is 14.9 Å². The highest BCUT2D eigenvalue weighted by Gasteiger charge is 2.50. The number of carboxylic acid groups (broad SMARTS) is 2. The summed E-state index contributed by atoms with van der Waals surface area (Å²) in [4.78, 5) is 22.8. The largest absolute Gasteiger partial charge is 0.502 e. The van der Waals surface area contributed by atoms with E-state index in [1.165, 1.54) is 6.26 Å². The highest BCUT2D eigenvalue weighted by Crippen LogP contribution is 2.44. The molecule has 0 aromatic rings. The zero-order valence-corrected chi connectivity index (χ0v) is 10.6. The summed E-state index contributed by atoms with van der Waals surface area (Å²) >= 11 is 0. The van der Waals surface area contributed by atoms with E-state index in [0.29, 0.717) is 12.8 Å². The number of carboxylic acids is 2. The summed E-state index contributed by atoms with van der Waals surface area (Å²) in [7, 11) is 0. The van der Waals surface area contributed by atoms with Gasteiger partial charge in [-0.3, -0.25) is 9.59 Å². The van der Waals surface area contributed by atoms with Gasteiger partial charge in [0.25, 0.3) is 0 Å². The van der Waals surface area contributed by atoms with E-state index in [1.807, 2.05) is 0 Å². The zero-order valence-electron chi connectivity index (χ0n) is 10.6. The molecular weight excluding hydrogens is 236 g/mol. The normalized spacial score (nSPS) is 28.2. The van der Waals surface area contributed by atoms with E-state index in [4.69, 9.17) is 4.74 Å². The Kier molecular flexibility index (Phi) is 5.19.